The zero-order chi connectivity index (χ0) is 14.6. The van der Waals surface area contributed by atoms with Crippen LogP contribution in [0.25, 0.3) is 0 Å². The molecule has 1 aliphatic heterocycles. The second kappa shape index (κ2) is 6.27. The minimum absolute atomic E-state index is 0.0111. The Bertz CT molecular complexity index is 450. The van der Waals surface area contributed by atoms with Gasteiger partial charge in [0.2, 0.25) is 5.91 Å². The monoisotopic (exact) mass is 276 g/mol. The van der Waals surface area contributed by atoms with Gasteiger partial charge in [0.15, 0.2) is 0 Å². The Morgan fingerprint density at radius 2 is 2.15 bits per heavy atom. The number of rotatable bonds is 5. The molecule has 0 bridgehead atoms. The summed E-state index contributed by atoms with van der Waals surface area (Å²) >= 11 is 0. The van der Waals surface area contributed by atoms with Crippen LogP contribution in [-0.2, 0) is 4.79 Å². The van der Waals surface area contributed by atoms with E-state index in [2.05, 4.69) is 10.6 Å². The lowest BCUT2D eigenvalue weighted by Gasteiger charge is -2.25. The number of hydrogen-bond acceptors (Lipinski definition) is 3. The van der Waals surface area contributed by atoms with E-state index in [0.29, 0.717) is 6.61 Å². The maximum Gasteiger partial charge on any atom is 0.240 e. The summed E-state index contributed by atoms with van der Waals surface area (Å²) < 4.78 is 5.68. The van der Waals surface area contributed by atoms with Crippen molar-refractivity contribution in [3.8, 4) is 5.75 Å². The van der Waals surface area contributed by atoms with Crippen molar-refractivity contribution in [3.63, 3.8) is 0 Å². The maximum absolute atomic E-state index is 12.2. The van der Waals surface area contributed by atoms with Crippen LogP contribution in [0.1, 0.15) is 32.3 Å². The highest BCUT2D eigenvalue weighted by atomic mass is 16.5. The number of ether oxygens (including phenoxy) is 1. The number of aryl methyl sites for hydroxylation is 1. The van der Waals surface area contributed by atoms with E-state index >= 15 is 0 Å². The Hall–Kier alpha value is -1.55. The fraction of sp³-hybridized carbons (Fsp3) is 0.562. The van der Waals surface area contributed by atoms with E-state index in [-0.39, 0.29) is 11.9 Å². The van der Waals surface area contributed by atoms with Gasteiger partial charge in [0.25, 0.3) is 0 Å². The third kappa shape index (κ3) is 3.73. The molecule has 20 heavy (non-hydrogen) atoms. The van der Waals surface area contributed by atoms with E-state index in [1.807, 2.05) is 45.0 Å². The largest absolute Gasteiger partial charge is 0.491 e. The summed E-state index contributed by atoms with van der Waals surface area (Å²) in [6.07, 6.45) is 1.95. The number of nitrogens with one attached hydrogen (secondary N) is 2. The van der Waals surface area contributed by atoms with Crippen LogP contribution in [0.2, 0.25) is 0 Å². The molecule has 0 spiro atoms. The van der Waals surface area contributed by atoms with Gasteiger partial charge in [-0.05, 0) is 52.3 Å². The number of amides is 1. The molecule has 1 aliphatic rings. The molecule has 1 fully saturated rings. The normalized spacial score (nSPS) is 23.4. The van der Waals surface area contributed by atoms with Gasteiger partial charge in [0, 0.05) is 0 Å². The van der Waals surface area contributed by atoms with Crippen molar-refractivity contribution in [1.29, 1.82) is 0 Å². The van der Waals surface area contributed by atoms with E-state index < -0.39 is 5.54 Å². The fourth-order valence-corrected chi connectivity index (χ4v) is 2.37. The van der Waals surface area contributed by atoms with Gasteiger partial charge in [0.1, 0.15) is 12.4 Å². The topological polar surface area (TPSA) is 50.4 Å². The Kier molecular flexibility index (Phi) is 4.65. The van der Waals surface area contributed by atoms with Crippen molar-refractivity contribution < 1.29 is 9.53 Å². The molecule has 1 amide bonds. The molecule has 1 heterocycles. The van der Waals surface area contributed by atoms with E-state index in [9.17, 15) is 4.79 Å². The van der Waals surface area contributed by atoms with Gasteiger partial charge in [-0.25, -0.2) is 0 Å². The summed E-state index contributed by atoms with van der Waals surface area (Å²) in [7, 11) is 0. The van der Waals surface area contributed by atoms with Crippen LogP contribution in [0, 0.1) is 6.92 Å². The third-order valence-corrected chi connectivity index (χ3v) is 3.77. The zero-order valence-corrected chi connectivity index (χ0v) is 12.5. The molecule has 110 valence electrons. The Labute approximate surface area is 120 Å². The Morgan fingerprint density at radius 1 is 1.45 bits per heavy atom. The van der Waals surface area contributed by atoms with Gasteiger partial charge >= 0.3 is 0 Å². The number of hydrogen-bond donors (Lipinski definition) is 2. The van der Waals surface area contributed by atoms with Gasteiger partial charge in [-0.15, -0.1) is 0 Å². The summed E-state index contributed by atoms with van der Waals surface area (Å²) in [5.41, 5.74) is 0.789. The van der Waals surface area contributed by atoms with Crippen LogP contribution in [-0.4, -0.2) is 30.6 Å². The van der Waals surface area contributed by atoms with Crippen LogP contribution >= 0.6 is 0 Å². The average molecular weight is 276 g/mol. The first-order valence-corrected chi connectivity index (χ1v) is 7.25. The number of carbonyl (C=O) groups is 1. The molecule has 2 rings (SSSR count). The SMILES string of the molecule is Cc1ccc(OCC(C)NC(=O)C2(C)CCCN2)cc1. The van der Waals surface area contributed by atoms with Crippen LogP contribution in [0.4, 0.5) is 0 Å². The first-order chi connectivity index (χ1) is 9.49. The molecule has 1 aromatic rings. The Balaban J connectivity index is 1.79. The zero-order valence-electron chi connectivity index (χ0n) is 12.5. The highest BCUT2D eigenvalue weighted by Crippen LogP contribution is 2.18. The molecule has 2 atom stereocenters. The van der Waals surface area contributed by atoms with Crippen LogP contribution in [0.3, 0.4) is 0 Å². The van der Waals surface area contributed by atoms with Crippen molar-refractivity contribution in [1.82, 2.24) is 10.6 Å². The molecule has 1 aromatic carbocycles. The highest BCUT2D eigenvalue weighted by molar-refractivity contribution is 5.86. The third-order valence-electron chi connectivity index (χ3n) is 3.77. The molecule has 4 nitrogen and oxygen atoms in total. The molecule has 0 aromatic heterocycles. The van der Waals surface area contributed by atoms with Crippen molar-refractivity contribution in [2.75, 3.05) is 13.2 Å². The minimum Gasteiger partial charge on any atom is -0.491 e. The summed E-state index contributed by atoms with van der Waals surface area (Å²) in [6, 6.07) is 7.92. The van der Waals surface area contributed by atoms with Crippen molar-refractivity contribution >= 4 is 5.91 Å². The molecule has 0 aliphatic carbocycles. The van der Waals surface area contributed by atoms with E-state index in [0.717, 1.165) is 25.1 Å². The predicted octanol–water partition coefficient (Wildman–Crippen LogP) is 2.02. The van der Waals surface area contributed by atoms with Crippen LogP contribution < -0.4 is 15.4 Å². The molecule has 1 saturated heterocycles. The predicted molar refractivity (Wildman–Crippen MR) is 79.9 cm³/mol. The molecule has 4 heteroatoms. The van der Waals surface area contributed by atoms with Crippen molar-refractivity contribution in [3.05, 3.63) is 29.8 Å². The van der Waals surface area contributed by atoms with Gasteiger partial charge in [-0.2, -0.15) is 0 Å². The average Bonchev–Trinajstić information content (AvgIpc) is 2.86. The first kappa shape index (κ1) is 14.9. The lowest BCUT2D eigenvalue weighted by atomic mass is 9.99. The molecule has 2 N–H and O–H groups in total. The van der Waals surface area contributed by atoms with Crippen LogP contribution in [0.15, 0.2) is 24.3 Å². The standard InChI is InChI=1S/C16H24N2O2/c1-12-5-7-14(8-6-12)20-11-13(2)18-15(19)16(3)9-4-10-17-16/h5-8,13,17H,4,9-11H2,1-3H3,(H,18,19). The second-order valence-electron chi connectivity index (χ2n) is 5.86. The first-order valence-electron chi connectivity index (χ1n) is 7.25. The summed E-state index contributed by atoms with van der Waals surface area (Å²) in [6.45, 7) is 7.36. The molecular formula is C16H24N2O2. The second-order valence-corrected chi connectivity index (χ2v) is 5.86. The van der Waals surface area contributed by atoms with E-state index in [1.54, 1.807) is 0 Å². The van der Waals surface area contributed by atoms with Crippen molar-refractivity contribution in [2.24, 2.45) is 0 Å². The van der Waals surface area contributed by atoms with Gasteiger partial charge < -0.3 is 15.4 Å². The molecule has 0 radical (unpaired) electrons. The summed E-state index contributed by atoms with van der Waals surface area (Å²) in [5, 5.41) is 6.28. The smallest absolute Gasteiger partial charge is 0.240 e. The number of carbonyl (C=O) groups excluding carboxylic acids is 1. The molecular weight excluding hydrogens is 252 g/mol. The quantitative estimate of drug-likeness (QED) is 0.865. The maximum atomic E-state index is 12.2. The lowest BCUT2D eigenvalue weighted by molar-refractivity contribution is -0.127. The van der Waals surface area contributed by atoms with Crippen molar-refractivity contribution in [2.45, 2.75) is 45.2 Å². The molecule has 0 saturated carbocycles. The van der Waals surface area contributed by atoms with Gasteiger partial charge in [0.05, 0.1) is 11.6 Å². The summed E-state index contributed by atoms with van der Waals surface area (Å²) in [5.74, 6) is 0.900. The highest BCUT2D eigenvalue weighted by Gasteiger charge is 2.36. The van der Waals surface area contributed by atoms with Crippen LogP contribution in [0.5, 0.6) is 5.75 Å². The fourth-order valence-electron chi connectivity index (χ4n) is 2.37. The summed E-state index contributed by atoms with van der Waals surface area (Å²) in [4.78, 5) is 12.2. The number of benzene rings is 1. The van der Waals surface area contributed by atoms with Gasteiger partial charge in [-0.1, -0.05) is 17.7 Å². The minimum atomic E-state index is -0.419. The lowest BCUT2D eigenvalue weighted by Crippen LogP contribution is -2.54. The van der Waals surface area contributed by atoms with Gasteiger partial charge in [-0.3, -0.25) is 4.79 Å². The van der Waals surface area contributed by atoms with E-state index in [4.69, 9.17) is 4.74 Å². The Morgan fingerprint density at radius 3 is 2.75 bits per heavy atom. The van der Waals surface area contributed by atoms with E-state index in [1.165, 1.54) is 5.56 Å². The molecule has 2 unspecified atom stereocenters.